The molecule has 184 valence electrons. The summed E-state index contributed by atoms with van der Waals surface area (Å²) in [6.45, 7) is 5.51. The minimum Gasteiger partial charge on any atom is -0.444 e. The lowest BCUT2D eigenvalue weighted by Crippen LogP contribution is -2.52. The van der Waals surface area contributed by atoms with Gasteiger partial charge >= 0.3 is 18.2 Å². The van der Waals surface area contributed by atoms with Gasteiger partial charge in [-0.2, -0.15) is 4.79 Å². The van der Waals surface area contributed by atoms with E-state index in [1.807, 2.05) is 0 Å². The summed E-state index contributed by atoms with van der Waals surface area (Å²) in [5, 5.41) is 10.4. The molecule has 0 aromatic heterocycles. The third kappa shape index (κ3) is 5.87. The van der Waals surface area contributed by atoms with Crippen LogP contribution in [0.1, 0.15) is 37.6 Å². The Morgan fingerprint density at radius 2 is 1.74 bits per heavy atom. The molecule has 10 heteroatoms. The zero-order valence-corrected chi connectivity index (χ0v) is 20.7. The van der Waals surface area contributed by atoms with Gasteiger partial charge in [0.15, 0.2) is 5.69 Å². The standard InChI is InChI=1S/C25H26ClN3O6/c1-25(2,3)35-23(31)28(4)15-13-21-27-14-16-29(21,24(32)33)17-9-11-18(12-10-17)34-22(30)19-7-5-6-8-20(19)26/h5-12,14,16H,13,15H2,1-4H3/p+1. The summed E-state index contributed by atoms with van der Waals surface area (Å²) >= 11 is 6.05. The number of quaternary nitrogens is 1. The predicted molar refractivity (Wildman–Crippen MR) is 133 cm³/mol. The Bertz CT molecular complexity index is 1190. The maximum Gasteiger partial charge on any atom is 0.529 e. The number of carbonyl (C=O) groups is 3. The number of hydrogen-bond donors (Lipinski definition) is 1. The van der Waals surface area contributed by atoms with E-state index in [0.29, 0.717) is 11.5 Å². The van der Waals surface area contributed by atoms with Crippen LogP contribution in [0, 0.1) is 0 Å². The first-order valence-corrected chi connectivity index (χ1v) is 11.2. The monoisotopic (exact) mass is 500 g/mol. The number of carboxylic acid groups (broad SMARTS) is 1. The van der Waals surface area contributed by atoms with Crippen molar-refractivity contribution in [2.45, 2.75) is 32.8 Å². The van der Waals surface area contributed by atoms with Crippen LogP contribution in [0.5, 0.6) is 5.75 Å². The number of amides is 2. The van der Waals surface area contributed by atoms with E-state index >= 15 is 0 Å². The molecule has 2 aromatic rings. The van der Waals surface area contributed by atoms with Crippen LogP contribution in [0.3, 0.4) is 0 Å². The Morgan fingerprint density at radius 3 is 2.34 bits per heavy atom. The van der Waals surface area contributed by atoms with Crippen molar-refractivity contribution in [1.82, 2.24) is 9.38 Å². The van der Waals surface area contributed by atoms with Crippen LogP contribution in [-0.4, -0.2) is 53.2 Å². The molecule has 0 radical (unpaired) electrons. The topological polar surface area (TPSA) is 106 Å². The van der Waals surface area contributed by atoms with Crippen molar-refractivity contribution in [2.24, 2.45) is 4.99 Å². The van der Waals surface area contributed by atoms with Gasteiger partial charge < -0.3 is 19.5 Å². The molecule has 9 nitrogen and oxygen atoms in total. The second kappa shape index (κ2) is 10.3. The zero-order valence-electron chi connectivity index (χ0n) is 19.9. The molecule has 0 fully saturated rings. The average Bonchev–Trinajstić information content (AvgIpc) is 3.22. The molecule has 1 heterocycles. The van der Waals surface area contributed by atoms with Gasteiger partial charge in [0.2, 0.25) is 5.84 Å². The highest BCUT2D eigenvalue weighted by atomic mass is 35.5. The third-order valence-corrected chi connectivity index (χ3v) is 5.48. The summed E-state index contributed by atoms with van der Waals surface area (Å²) in [4.78, 5) is 42.7. The van der Waals surface area contributed by atoms with Crippen LogP contribution in [-0.2, 0) is 4.74 Å². The van der Waals surface area contributed by atoms with E-state index in [-0.39, 0.29) is 29.3 Å². The van der Waals surface area contributed by atoms with E-state index in [1.54, 1.807) is 64.2 Å². The van der Waals surface area contributed by atoms with Crippen LogP contribution in [0.2, 0.25) is 5.02 Å². The normalized spacial score (nSPS) is 17.0. The number of ether oxygens (including phenoxy) is 2. The first-order chi connectivity index (χ1) is 16.4. The third-order valence-electron chi connectivity index (χ3n) is 5.15. The fourth-order valence-corrected chi connectivity index (χ4v) is 3.61. The van der Waals surface area contributed by atoms with Gasteiger partial charge in [0.1, 0.15) is 17.6 Å². The Morgan fingerprint density at radius 1 is 1.09 bits per heavy atom. The number of halogens is 1. The first kappa shape index (κ1) is 25.9. The fraction of sp³-hybridized carbons (Fsp3) is 0.280. The lowest BCUT2D eigenvalue weighted by atomic mass is 10.2. The highest BCUT2D eigenvalue weighted by molar-refractivity contribution is 6.33. The number of hydrogen-bond acceptors (Lipinski definition) is 6. The van der Waals surface area contributed by atoms with E-state index in [1.165, 1.54) is 29.4 Å². The minimum atomic E-state index is -1.17. The summed E-state index contributed by atoms with van der Waals surface area (Å²) in [6.07, 6.45) is 1.37. The van der Waals surface area contributed by atoms with Gasteiger partial charge in [0.05, 0.1) is 23.2 Å². The Balaban J connectivity index is 1.75. The number of benzene rings is 2. The number of amidine groups is 1. The SMILES string of the molecule is CN(CCC1=NC=C[N+]1(C(=O)O)c1ccc(OC(=O)c2ccccc2Cl)cc1)C(=O)OC(C)(C)C. The van der Waals surface area contributed by atoms with Crippen LogP contribution in [0.25, 0.3) is 0 Å². The second-order valence-electron chi connectivity index (χ2n) is 8.86. The number of nitrogens with zero attached hydrogens (tertiary/aromatic N) is 3. The van der Waals surface area contributed by atoms with Crippen LogP contribution >= 0.6 is 11.6 Å². The van der Waals surface area contributed by atoms with Crippen molar-refractivity contribution >= 4 is 41.3 Å². The van der Waals surface area contributed by atoms with E-state index in [2.05, 4.69) is 4.99 Å². The Labute approximate surface area is 208 Å². The molecular weight excluding hydrogens is 474 g/mol. The Kier molecular flexibility index (Phi) is 7.62. The molecule has 2 aromatic carbocycles. The molecule has 0 bridgehead atoms. The van der Waals surface area contributed by atoms with Crippen LogP contribution in [0.4, 0.5) is 15.3 Å². The molecule has 1 N–H and O–H groups in total. The summed E-state index contributed by atoms with van der Waals surface area (Å²) in [5.74, 6) is -0.0822. The number of rotatable bonds is 6. The van der Waals surface area contributed by atoms with Crippen molar-refractivity contribution in [3.05, 3.63) is 71.5 Å². The van der Waals surface area contributed by atoms with Gasteiger partial charge in [-0.15, -0.1) is 4.48 Å². The number of carbonyl (C=O) groups excluding carboxylic acids is 2. The van der Waals surface area contributed by atoms with Crippen LogP contribution < -0.4 is 9.22 Å². The van der Waals surface area contributed by atoms with Gasteiger partial charge in [-0.3, -0.25) is 0 Å². The molecule has 0 saturated carbocycles. The summed E-state index contributed by atoms with van der Waals surface area (Å²) < 4.78 is 10.1. The first-order valence-electron chi connectivity index (χ1n) is 10.8. The predicted octanol–water partition coefficient (Wildman–Crippen LogP) is 5.68. The number of aliphatic imine (C=N–C) groups is 1. The van der Waals surface area contributed by atoms with Crippen molar-refractivity contribution in [3.8, 4) is 5.75 Å². The van der Waals surface area contributed by atoms with Crippen LogP contribution in [0.15, 0.2) is 65.9 Å². The van der Waals surface area contributed by atoms with Gasteiger partial charge in [-0.05, 0) is 45.0 Å². The van der Waals surface area contributed by atoms with Crippen molar-refractivity contribution in [3.63, 3.8) is 0 Å². The van der Waals surface area contributed by atoms with Gasteiger partial charge in [-0.25, -0.2) is 14.6 Å². The maximum atomic E-state index is 12.4. The number of esters is 1. The minimum absolute atomic E-state index is 0.193. The lowest BCUT2D eigenvalue weighted by Gasteiger charge is -2.28. The summed E-state index contributed by atoms with van der Waals surface area (Å²) in [6, 6.07) is 12.6. The van der Waals surface area contributed by atoms with Gasteiger partial charge in [0.25, 0.3) is 0 Å². The Hall–Kier alpha value is -3.69. The molecular formula is C25H27ClN3O6+. The molecule has 2 amide bonds. The summed E-state index contributed by atoms with van der Waals surface area (Å²) in [5.41, 5.74) is -0.0452. The smallest absolute Gasteiger partial charge is 0.444 e. The quantitative estimate of drug-likeness (QED) is 0.310. The molecule has 0 saturated heterocycles. The van der Waals surface area contributed by atoms with Crippen molar-refractivity contribution in [2.75, 3.05) is 13.6 Å². The largest absolute Gasteiger partial charge is 0.529 e. The van der Waals surface area contributed by atoms with Gasteiger partial charge in [0, 0.05) is 25.7 Å². The second-order valence-corrected chi connectivity index (χ2v) is 9.27. The highest BCUT2D eigenvalue weighted by Crippen LogP contribution is 2.32. The highest BCUT2D eigenvalue weighted by Gasteiger charge is 2.46. The van der Waals surface area contributed by atoms with Crippen molar-refractivity contribution < 1.29 is 29.0 Å². The molecule has 1 atom stereocenters. The van der Waals surface area contributed by atoms with E-state index in [4.69, 9.17) is 21.1 Å². The summed E-state index contributed by atoms with van der Waals surface area (Å²) in [7, 11) is 1.58. The molecule has 0 aliphatic carbocycles. The van der Waals surface area contributed by atoms with E-state index < -0.39 is 28.2 Å². The van der Waals surface area contributed by atoms with E-state index in [9.17, 15) is 19.5 Å². The fourth-order valence-electron chi connectivity index (χ4n) is 3.39. The molecule has 3 rings (SSSR count). The lowest BCUT2D eigenvalue weighted by molar-refractivity contribution is 0.0302. The molecule has 1 aliphatic heterocycles. The van der Waals surface area contributed by atoms with Crippen molar-refractivity contribution in [1.29, 1.82) is 0 Å². The molecule has 35 heavy (non-hydrogen) atoms. The molecule has 1 aliphatic rings. The van der Waals surface area contributed by atoms with E-state index in [0.717, 1.165) is 0 Å². The average molecular weight is 501 g/mol. The zero-order chi connectivity index (χ0) is 25.8. The molecule has 0 spiro atoms. The molecule has 1 unspecified atom stereocenters. The van der Waals surface area contributed by atoms with Gasteiger partial charge in [-0.1, -0.05) is 23.7 Å². The maximum absolute atomic E-state index is 12.4.